The number of unbranched alkanes of at least 4 members (excludes halogenated alkanes) is 3. The van der Waals surface area contributed by atoms with E-state index in [0.29, 0.717) is 0 Å². The lowest BCUT2D eigenvalue weighted by Crippen LogP contribution is -2.11. The minimum atomic E-state index is -3.13. The molecule has 0 aromatic rings. The van der Waals surface area contributed by atoms with Gasteiger partial charge in [0.2, 0.25) is 0 Å². The number of hydrogen-bond donors (Lipinski definition) is 5. The van der Waals surface area contributed by atoms with Crippen LogP contribution in [0.5, 0.6) is 0 Å². The summed E-state index contributed by atoms with van der Waals surface area (Å²) in [7, 11) is -3.13. The van der Waals surface area contributed by atoms with Gasteiger partial charge in [-0.05, 0) is 38.5 Å². The first kappa shape index (κ1) is 39.8. The SMILES string of the molecule is CCCCC(CC)C(=O)O.CCCCC(CC)C(=O)O.CCCCC(CC)C(=O)O.O=[PH](O)O. The fourth-order valence-corrected chi connectivity index (χ4v) is 2.86. The Hall–Kier alpha value is -1.44. The van der Waals surface area contributed by atoms with Crippen LogP contribution in [0.3, 0.4) is 0 Å². The summed E-state index contributed by atoms with van der Waals surface area (Å²) in [5.74, 6) is -2.26. The van der Waals surface area contributed by atoms with E-state index in [1.54, 1.807) is 0 Å². The highest BCUT2D eigenvalue weighted by atomic mass is 31.1. The molecular weight excluding hydrogens is 463 g/mol. The Balaban J connectivity index is -0.000000184. The maximum Gasteiger partial charge on any atom is 0.314 e. The smallest absolute Gasteiger partial charge is 0.314 e. The summed E-state index contributed by atoms with van der Waals surface area (Å²) in [5, 5.41) is 25.8. The highest BCUT2D eigenvalue weighted by Gasteiger charge is 2.14. The van der Waals surface area contributed by atoms with Crippen LogP contribution in [0.4, 0.5) is 0 Å². The third-order valence-electron chi connectivity index (χ3n) is 5.24. The van der Waals surface area contributed by atoms with Crippen molar-refractivity contribution in [1.29, 1.82) is 0 Å². The summed E-state index contributed by atoms with van der Waals surface area (Å²) < 4.78 is 8.74. The van der Waals surface area contributed by atoms with Crippen molar-refractivity contribution in [3.05, 3.63) is 0 Å². The molecule has 0 aliphatic heterocycles. The van der Waals surface area contributed by atoms with Crippen LogP contribution in [0.15, 0.2) is 0 Å². The van der Waals surface area contributed by atoms with Crippen molar-refractivity contribution < 1.29 is 44.1 Å². The average Bonchev–Trinajstić information content (AvgIpc) is 2.75. The van der Waals surface area contributed by atoms with E-state index in [9.17, 15) is 14.4 Å². The standard InChI is InChI=1S/3C8H16O2.H3O3P/c3*1-3-5-6-7(4-2)8(9)10;1-4(2)3/h3*7H,3-6H2,1-2H3,(H,9,10);4H,(H2,1,2,3). The van der Waals surface area contributed by atoms with Crippen molar-refractivity contribution in [3.63, 3.8) is 0 Å². The van der Waals surface area contributed by atoms with Gasteiger partial charge in [-0.3, -0.25) is 18.9 Å². The molecule has 0 heterocycles. The molecule has 0 amide bonds. The summed E-state index contributed by atoms with van der Waals surface area (Å²) in [6.07, 6.45) is 11.1. The molecule has 0 aromatic carbocycles. The largest absolute Gasteiger partial charge is 0.481 e. The molecule has 3 atom stereocenters. The predicted molar refractivity (Wildman–Crippen MR) is 136 cm³/mol. The fourth-order valence-electron chi connectivity index (χ4n) is 2.86. The van der Waals surface area contributed by atoms with Gasteiger partial charge in [-0.1, -0.05) is 80.1 Å². The third kappa shape index (κ3) is 32.7. The molecular formula is C24H51O9P. The Kier molecular flexibility index (Phi) is 34.6. The molecule has 5 N–H and O–H groups in total. The van der Waals surface area contributed by atoms with Crippen LogP contribution < -0.4 is 0 Å². The van der Waals surface area contributed by atoms with E-state index in [4.69, 9.17) is 29.7 Å². The molecule has 0 fully saturated rings. The van der Waals surface area contributed by atoms with E-state index in [0.717, 1.165) is 77.0 Å². The first-order valence-electron chi connectivity index (χ1n) is 12.5. The second kappa shape index (κ2) is 29.6. The Morgan fingerprint density at radius 2 is 0.735 bits per heavy atom. The third-order valence-corrected chi connectivity index (χ3v) is 5.24. The first-order chi connectivity index (χ1) is 15.9. The molecule has 0 aromatic heterocycles. The molecule has 0 aliphatic rings. The number of aliphatic carboxylic acids is 3. The van der Waals surface area contributed by atoms with Gasteiger partial charge in [-0.2, -0.15) is 0 Å². The van der Waals surface area contributed by atoms with E-state index >= 15 is 0 Å². The summed E-state index contributed by atoms with van der Waals surface area (Å²) in [4.78, 5) is 45.6. The monoisotopic (exact) mass is 514 g/mol. The topological polar surface area (TPSA) is 169 Å². The van der Waals surface area contributed by atoms with Crippen LogP contribution in [-0.2, 0) is 18.9 Å². The lowest BCUT2D eigenvalue weighted by molar-refractivity contribution is -0.143. The van der Waals surface area contributed by atoms with Crippen LogP contribution in [0.2, 0.25) is 0 Å². The van der Waals surface area contributed by atoms with Gasteiger partial charge >= 0.3 is 26.2 Å². The van der Waals surface area contributed by atoms with Crippen molar-refractivity contribution in [1.82, 2.24) is 0 Å². The summed E-state index contributed by atoms with van der Waals surface area (Å²) in [6.45, 7) is 12.0. The van der Waals surface area contributed by atoms with Gasteiger partial charge in [-0.15, -0.1) is 0 Å². The van der Waals surface area contributed by atoms with Gasteiger partial charge in [0.25, 0.3) is 0 Å². The van der Waals surface area contributed by atoms with Crippen LogP contribution in [-0.4, -0.2) is 43.0 Å². The molecule has 0 radical (unpaired) electrons. The number of hydrogen-bond acceptors (Lipinski definition) is 4. The summed E-state index contributed by atoms with van der Waals surface area (Å²) in [5.41, 5.74) is 0. The van der Waals surface area contributed by atoms with Crippen molar-refractivity contribution in [2.75, 3.05) is 0 Å². The Bertz CT molecular complexity index is 447. The van der Waals surface area contributed by atoms with Gasteiger partial charge < -0.3 is 25.1 Å². The first-order valence-corrected chi connectivity index (χ1v) is 13.8. The van der Waals surface area contributed by atoms with E-state index in [1.807, 2.05) is 20.8 Å². The quantitative estimate of drug-likeness (QED) is 0.159. The van der Waals surface area contributed by atoms with E-state index in [1.165, 1.54) is 0 Å². The highest BCUT2D eigenvalue weighted by Crippen LogP contribution is 2.13. The zero-order valence-corrected chi connectivity index (χ0v) is 23.1. The molecule has 34 heavy (non-hydrogen) atoms. The Labute approximate surface area is 206 Å². The molecule has 0 spiro atoms. The lowest BCUT2D eigenvalue weighted by atomic mass is 10.00. The van der Waals surface area contributed by atoms with Gasteiger partial charge in [0.15, 0.2) is 0 Å². The molecule has 206 valence electrons. The fraction of sp³-hybridized carbons (Fsp3) is 0.875. The molecule has 0 saturated heterocycles. The Morgan fingerprint density at radius 1 is 0.559 bits per heavy atom. The van der Waals surface area contributed by atoms with E-state index in [2.05, 4.69) is 20.8 Å². The van der Waals surface area contributed by atoms with Crippen LogP contribution in [0.25, 0.3) is 0 Å². The van der Waals surface area contributed by atoms with Crippen molar-refractivity contribution in [2.45, 2.75) is 119 Å². The van der Waals surface area contributed by atoms with Crippen molar-refractivity contribution in [2.24, 2.45) is 17.8 Å². The van der Waals surface area contributed by atoms with Gasteiger partial charge in [0.05, 0.1) is 17.8 Å². The molecule has 0 rings (SSSR count). The number of carbonyl (C=O) groups is 3. The number of carboxylic acids is 3. The maximum absolute atomic E-state index is 10.4. The minimum absolute atomic E-state index is 0.111. The van der Waals surface area contributed by atoms with Crippen LogP contribution in [0, 0.1) is 17.8 Å². The average molecular weight is 515 g/mol. The molecule has 9 nitrogen and oxygen atoms in total. The Morgan fingerprint density at radius 3 is 0.824 bits per heavy atom. The normalized spacial score (nSPS) is 12.5. The maximum atomic E-state index is 10.4. The van der Waals surface area contributed by atoms with Gasteiger partial charge in [-0.25, -0.2) is 0 Å². The molecule has 0 aliphatic carbocycles. The van der Waals surface area contributed by atoms with Crippen LogP contribution in [0.1, 0.15) is 119 Å². The highest BCUT2D eigenvalue weighted by molar-refractivity contribution is 7.30. The molecule has 3 unspecified atom stereocenters. The lowest BCUT2D eigenvalue weighted by Gasteiger charge is -2.06. The van der Waals surface area contributed by atoms with E-state index in [-0.39, 0.29) is 17.8 Å². The van der Waals surface area contributed by atoms with Gasteiger partial charge in [0.1, 0.15) is 0 Å². The summed E-state index contributed by atoms with van der Waals surface area (Å²) in [6, 6.07) is 0. The van der Waals surface area contributed by atoms with Gasteiger partial charge in [0, 0.05) is 0 Å². The minimum Gasteiger partial charge on any atom is -0.481 e. The molecule has 0 saturated carbocycles. The molecule has 0 bridgehead atoms. The number of rotatable bonds is 15. The zero-order chi connectivity index (χ0) is 27.5. The predicted octanol–water partition coefficient (Wildman–Crippen LogP) is 6.22. The molecule has 10 heteroatoms. The summed E-state index contributed by atoms with van der Waals surface area (Å²) >= 11 is 0. The van der Waals surface area contributed by atoms with Crippen molar-refractivity contribution in [3.8, 4) is 0 Å². The number of carboxylic acid groups (broad SMARTS) is 3. The van der Waals surface area contributed by atoms with E-state index < -0.39 is 26.2 Å². The van der Waals surface area contributed by atoms with Crippen LogP contribution >= 0.6 is 8.25 Å². The zero-order valence-electron chi connectivity index (χ0n) is 22.1. The van der Waals surface area contributed by atoms with Crippen molar-refractivity contribution >= 4 is 26.2 Å². The second-order valence-electron chi connectivity index (χ2n) is 8.04. The second-order valence-corrected chi connectivity index (χ2v) is 8.60.